The molecule has 0 aromatic heterocycles. The molecule has 3 rings (SSSR count). The van der Waals surface area contributed by atoms with Crippen LogP contribution in [-0.2, 0) is 9.59 Å². The van der Waals surface area contributed by atoms with E-state index >= 15 is 0 Å². The molecule has 2 amide bonds. The van der Waals surface area contributed by atoms with Crippen molar-refractivity contribution in [2.45, 2.75) is 51.5 Å². The predicted molar refractivity (Wildman–Crippen MR) is 90.1 cm³/mol. The fourth-order valence-corrected chi connectivity index (χ4v) is 3.41. The normalized spacial score (nSPS) is 16.7. The number of benzene rings is 1. The average molecular weight is 332 g/mol. The number of nitrogens with one attached hydrogen (secondary N) is 1. The van der Waals surface area contributed by atoms with Crippen molar-refractivity contribution >= 4 is 17.5 Å². The Morgan fingerprint density at radius 2 is 1.92 bits per heavy atom. The number of hydrogen-bond acceptors (Lipinski definition) is 4. The molecule has 1 aliphatic carbocycles. The summed E-state index contributed by atoms with van der Waals surface area (Å²) in [6.45, 7) is 2.27. The SMILES string of the molecule is CC(=O)N(CCC(=O)Nc1ccc2c(c1)OCO2)C1CCCCC1. The van der Waals surface area contributed by atoms with Crippen LogP contribution in [0.15, 0.2) is 18.2 Å². The summed E-state index contributed by atoms with van der Waals surface area (Å²) in [5.74, 6) is 1.28. The molecule has 0 bridgehead atoms. The molecule has 1 fully saturated rings. The van der Waals surface area contributed by atoms with Gasteiger partial charge in [-0.05, 0) is 25.0 Å². The molecule has 0 spiro atoms. The van der Waals surface area contributed by atoms with Crippen molar-refractivity contribution in [3.63, 3.8) is 0 Å². The summed E-state index contributed by atoms with van der Waals surface area (Å²) in [4.78, 5) is 26.0. The largest absolute Gasteiger partial charge is 0.454 e. The first-order valence-electron chi connectivity index (χ1n) is 8.60. The van der Waals surface area contributed by atoms with Crippen molar-refractivity contribution in [2.75, 3.05) is 18.7 Å². The Bertz CT molecular complexity index is 611. The van der Waals surface area contributed by atoms with Gasteiger partial charge in [0.25, 0.3) is 0 Å². The standard InChI is InChI=1S/C18H24N2O4/c1-13(21)20(15-5-3-2-4-6-15)10-9-18(22)19-14-7-8-16-17(11-14)24-12-23-16/h7-8,11,15H,2-6,9-10,12H2,1H3,(H,19,22). The number of ether oxygens (including phenoxy) is 2. The van der Waals surface area contributed by atoms with E-state index in [1.165, 1.54) is 6.42 Å². The third-order valence-electron chi connectivity index (χ3n) is 4.66. The first-order chi connectivity index (χ1) is 11.6. The number of carbonyl (C=O) groups excluding carboxylic acids is 2. The Labute approximate surface area is 142 Å². The summed E-state index contributed by atoms with van der Waals surface area (Å²) in [5, 5.41) is 2.86. The molecule has 1 aromatic carbocycles. The van der Waals surface area contributed by atoms with Crippen LogP contribution in [0.5, 0.6) is 11.5 Å². The van der Waals surface area contributed by atoms with E-state index in [1.807, 2.05) is 4.90 Å². The van der Waals surface area contributed by atoms with E-state index in [0.29, 0.717) is 30.2 Å². The van der Waals surface area contributed by atoms with Crippen molar-refractivity contribution < 1.29 is 19.1 Å². The van der Waals surface area contributed by atoms with Crippen LogP contribution in [0, 0.1) is 0 Å². The molecule has 6 nitrogen and oxygen atoms in total. The monoisotopic (exact) mass is 332 g/mol. The van der Waals surface area contributed by atoms with Gasteiger partial charge in [-0.25, -0.2) is 0 Å². The molecule has 1 heterocycles. The van der Waals surface area contributed by atoms with Gasteiger partial charge >= 0.3 is 0 Å². The first kappa shape index (κ1) is 16.6. The van der Waals surface area contributed by atoms with Crippen LogP contribution in [0.2, 0.25) is 0 Å². The Morgan fingerprint density at radius 3 is 2.67 bits per heavy atom. The Hall–Kier alpha value is -2.24. The van der Waals surface area contributed by atoms with Crippen LogP contribution >= 0.6 is 0 Å². The van der Waals surface area contributed by atoms with Crippen LogP contribution in [0.3, 0.4) is 0 Å². The summed E-state index contributed by atoms with van der Waals surface area (Å²) >= 11 is 0. The van der Waals surface area contributed by atoms with Gasteiger partial charge < -0.3 is 19.7 Å². The molecule has 6 heteroatoms. The highest BCUT2D eigenvalue weighted by atomic mass is 16.7. The fraction of sp³-hybridized carbons (Fsp3) is 0.556. The minimum absolute atomic E-state index is 0.0535. The predicted octanol–water partition coefficient (Wildman–Crippen LogP) is 2.93. The van der Waals surface area contributed by atoms with E-state index in [9.17, 15) is 9.59 Å². The summed E-state index contributed by atoms with van der Waals surface area (Å²) in [7, 11) is 0. The van der Waals surface area contributed by atoms with Gasteiger partial charge in [0.15, 0.2) is 11.5 Å². The lowest BCUT2D eigenvalue weighted by Gasteiger charge is -2.33. The van der Waals surface area contributed by atoms with Crippen LogP contribution in [0.4, 0.5) is 5.69 Å². The number of nitrogens with zero attached hydrogens (tertiary/aromatic N) is 1. The van der Waals surface area contributed by atoms with Crippen LogP contribution in [0.1, 0.15) is 45.4 Å². The van der Waals surface area contributed by atoms with Gasteiger partial charge in [-0.2, -0.15) is 0 Å². The molecule has 24 heavy (non-hydrogen) atoms. The van der Waals surface area contributed by atoms with Gasteiger partial charge in [0.05, 0.1) is 0 Å². The number of hydrogen-bond donors (Lipinski definition) is 1. The Balaban J connectivity index is 1.53. The summed E-state index contributed by atoms with van der Waals surface area (Å²) in [6, 6.07) is 5.61. The zero-order valence-corrected chi connectivity index (χ0v) is 14.0. The minimum Gasteiger partial charge on any atom is -0.454 e. The van der Waals surface area contributed by atoms with Crippen LogP contribution < -0.4 is 14.8 Å². The lowest BCUT2D eigenvalue weighted by molar-refractivity contribution is -0.132. The van der Waals surface area contributed by atoms with Gasteiger partial charge in [-0.3, -0.25) is 9.59 Å². The smallest absolute Gasteiger partial charge is 0.231 e. The number of carbonyl (C=O) groups is 2. The number of fused-ring (bicyclic) bond motifs is 1. The van der Waals surface area contributed by atoms with Gasteiger partial charge in [-0.15, -0.1) is 0 Å². The highest BCUT2D eigenvalue weighted by Gasteiger charge is 2.23. The minimum atomic E-state index is -0.101. The average Bonchev–Trinajstić information content (AvgIpc) is 3.03. The molecule has 1 aliphatic heterocycles. The Morgan fingerprint density at radius 1 is 1.17 bits per heavy atom. The summed E-state index contributed by atoms with van der Waals surface area (Å²) in [6.07, 6.45) is 5.96. The molecule has 0 unspecified atom stereocenters. The van der Waals surface area contributed by atoms with E-state index in [2.05, 4.69) is 5.32 Å². The lowest BCUT2D eigenvalue weighted by Crippen LogP contribution is -2.41. The van der Waals surface area contributed by atoms with E-state index in [0.717, 1.165) is 25.7 Å². The zero-order valence-electron chi connectivity index (χ0n) is 14.0. The van der Waals surface area contributed by atoms with Gasteiger partial charge in [0.1, 0.15) is 0 Å². The van der Waals surface area contributed by atoms with E-state index in [-0.39, 0.29) is 24.6 Å². The highest BCUT2D eigenvalue weighted by Crippen LogP contribution is 2.34. The van der Waals surface area contributed by atoms with Gasteiger partial charge in [0.2, 0.25) is 18.6 Å². The highest BCUT2D eigenvalue weighted by molar-refractivity contribution is 5.91. The molecule has 1 saturated carbocycles. The quantitative estimate of drug-likeness (QED) is 0.900. The number of amides is 2. The van der Waals surface area contributed by atoms with E-state index < -0.39 is 0 Å². The molecule has 0 saturated heterocycles. The van der Waals surface area contributed by atoms with Gasteiger partial charge in [0, 0.05) is 37.7 Å². The van der Waals surface area contributed by atoms with Crippen molar-refractivity contribution in [1.82, 2.24) is 4.90 Å². The van der Waals surface area contributed by atoms with Crippen molar-refractivity contribution in [3.05, 3.63) is 18.2 Å². The molecule has 0 radical (unpaired) electrons. The summed E-state index contributed by atoms with van der Waals surface area (Å²) < 4.78 is 10.6. The second-order valence-electron chi connectivity index (χ2n) is 6.37. The second-order valence-corrected chi connectivity index (χ2v) is 6.37. The zero-order chi connectivity index (χ0) is 16.9. The molecule has 1 aromatic rings. The summed E-state index contributed by atoms with van der Waals surface area (Å²) in [5.41, 5.74) is 0.677. The third kappa shape index (κ3) is 3.99. The second kappa shape index (κ2) is 7.55. The Kier molecular flexibility index (Phi) is 5.23. The van der Waals surface area contributed by atoms with E-state index in [1.54, 1.807) is 25.1 Å². The maximum atomic E-state index is 12.2. The van der Waals surface area contributed by atoms with Crippen LogP contribution in [-0.4, -0.2) is 36.1 Å². The molecule has 130 valence electrons. The molecular formula is C18H24N2O4. The number of rotatable bonds is 5. The molecule has 0 atom stereocenters. The van der Waals surface area contributed by atoms with Crippen molar-refractivity contribution in [1.29, 1.82) is 0 Å². The lowest BCUT2D eigenvalue weighted by atomic mass is 9.94. The van der Waals surface area contributed by atoms with E-state index in [4.69, 9.17) is 9.47 Å². The van der Waals surface area contributed by atoms with Crippen molar-refractivity contribution in [2.24, 2.45) is 0 Å². The van der Waals surface area contributed by atoms with Crippen molar-refractivity contribution in [3.8, 4) is 11.5 Å². The fourth-order valence-electron chi connectivity index (χ4n) is 3.41. The first-order valence-corrected chi connectivity index (χ1v) is 8.60. The molecular weight excluding hydrogens is 308 g/mol. The molecule has 2 aliphatic rings. The number of anilines is 1. The maximum Gasteiger partial charge on any atom is 0.231 e. The molecule has 1 N–H and O–H groups in total. The topological polar surface area (TPSA) is 67.9 Å². The van der Waals surface area contributed by atoms with Crippen LogP contribution in [0.25, 0.3) is 0 Å². The third-order valence-corrected chi connectivity index (χ3v) is 4.66. The maximum absolute atomic E-state index is 12.2. The van der Waals surface area contributed by atoms with Gasteiger partial charge in [-0.1, -0.05) is 19.3 Å².